The maximum Gasteiger partial charge on any atom is 0.326 e. The van der Waals surface area contributed by atoms with E-state index in [1.165, 1.54) is 11.8 Å². The molecule has 0 saturated heterocycles. The first-order chi connectivity index (χ1) is 27.1. The molecule has 0 spiro atoms. The van der Waals surface area contributed by atoms with E-state index in [4.69, 9.17) is 27.4 Å². The molecule has 0 aromatic rings. The number of nitrogens with one attached hydrogen (secondary N) is 6. The Bertz CT molecular complexity index is 1440. The number of amides is 6. The summed E-state index contributed by atoms with van der Waals surface area (Å²) in [5.41, 5.74) is 16.7. The highest BCUT2D eigenvalue weighted by Crippen LogP contribution is 2.10. The number of nitrogens with two attached hydrogens (primary N) is 3. The van der Waals surface area contributed by atoms with E-state index in [1.807, 2.05) is 0 Å². The second-order valence-electron chi connectivity index (χ2n) is 14.4. The van der Waals surface area contributed by atoms with Crippen molar-refractivity contribution in [2.45, 2.75) is 122 Å². The van der Waals surface area contributed by atoms with Crippen LogP contribution in [0.4, 0.5) is 0 Å². The largest absolute Gasteiger partial charge is 0.481 e. The average Bonchev–Trinajstić information content (AvgIpc) is 3.12. The van der Waals surface area contributed by atoms with Crippen molar-refractivity contribution in [2.24, 2.45) is 34.0 Å². The smallest absolute Gasteiger partial charge is 0.326 e. The number of aliphatic imine (C=N–C) groups is 1. The summed E-state index contributed by atoms with van der Waals surface area (Å²) in [5, 5.41) is 42.2. The third kappa shape index (κ3) is 23.8. The molecule has 15 N–H and O–H groups in total. The Morgan fingerprint density at radius 3 is 1.57 bits per heavy atom. The van der Waals surface area contributed by atoms with Crippen LogP contribution in [0.15, 0.2) is 4.99 Å². The van der Waals surface area contributed by atoms with E-state index in [1.54, 1.807) is 34.0 Å². The van der Waals surface area contributed by atoms with Gasteiger partial charge in [-0.25, -0.2) is 4.79 Å². The fourth-order valence-corrected chi connectivity index (χ4v) is 5.72. The quantitative estimate of drug-likeness (QED) is 0.0203. The fraction of sp³-hybridized carbons (Fsp3) is 0.714. The zero-order chi connectivity index (χ0) is 44.5. The zero-order valence-electron chi connectivity index (χ0n) is 33.7. The molecule has 0 rings (SSSR count). The molecule has 0 aromatic carbocycles. The van der Waals surface area contributed by atoms with Crippen molar-refractivity contribution in [1.82, 2.24) is 31.9 Å². The highest BCUT2D eigenvalue weighted by molar-refractivity contribution is 7.98. The Kier molecular flexibility index (Phi) is 25.7. The topological polar surface area (TPSA) is 377 Å². The number of carboxylic acids is 3. The molecule has 6 amide bonds. The number of nitrogens with zero attached hydrogens (tertiary/aromatic N) is 1. The molecule has 0 heterocycles. The van der Waals surface area contributed by atoms with Crippen molar-refractivity contribution in [3.63, 3.8) is 0 Å². The van der Waals surface area contributed by atoms with Crippen LogP contribution in [0.1, 0.15) is 85.5 Å². The summed E-state index contributed by atoms with van der Waals surface area (Å²) in [7, 11) is 0. The predicted molar refractivity (Wildman–Crippen MR) is 214 cm³/mol. The van der Waals surface area contributed by atoms with Gasteiger partial charge in [0.2, 0.25) is 35.4 Å². The van der Waals surface area contributed by atoms with Crippen molar-refractivity contribution in [3.05, 3.63) is 0 Å². The Labute approximate surface area is 341 Å². The van der Waals surface area contributed by atoms with E-state index in [0.717, 1.165) is 0 Å². The van der Waals surface area contributed by atoms with Crippen molar-refractivity contribution in [3.8, 4) is 0 Å². The third-order valence-corrected chi connectivity index (χ3v) is 8.86. The maximum absolute atomic E-state index is 13.7. The van der Waals surface area contributed by atoms with Gasteiger partial charge in [0.05, 0.1) is 12.6 Å². The van der Waals surface area contributed by atoms with Crippen molar-refractivity contribution in [2.75, 3.05) is 25.1 Å². The minimum absolute atomic E-state index is 0.00750. The van der Waals surface area contributed by atoms with Gasteiger partial charge in [-0.05, 0) is 68.8 Å². The lowest BCUT2D eigenvalue weighted by molar-refractivity contribution is -0.143. The van der Waals surface area contributed by atoms with Crippen molar-refractivity contribution in [1.29, 1.82) is 0 Å². The van der Waals surface area contributed by atoms with E-state index in [9.17, 15) is 48.3 Å². The van der Waals surface area contributed by atoms with Gasteiger partial charge in [0.1, 0.15) is 30.2 Å². The molecule has 0 aliphatic carbocycles. The first-order valence-electron chi connectivity index (χ1n) is 18.8. The second-order valence-corrected chi connectivity index (χ2v) is 15.4. The predicted octanol–water partition coefficient (Wildman–Crippen LogP) is -2.43. The van der Waals surface area contributed by atoms with Gasteiger partial charge in [-0.15, -0.1) is 0 Å². The van der Waals surface area contributed by atoms with Gasteiger partial charge >= 0.3 is 17.9 Å². The molecule has 0 aliphatic heterocycles. The van der Waals surface area contributed by atoms with E-state index in [2.05, 4.69) is 36.9 Å². The van der Waals surface area contributed by atoms with E-state index >= 15 is 0 Å². The highest BCUT2D eigenvalue weighted by atomic mass is 32.2. The van der Waals surface area contributed by atoms with Gasteiger partial charge in [0, 0.05) is 19.4 Å². The van der Waals surface area contributed by atoms with Crippen LogP contribution in [0, 0.1) is 11.8 Å². The van der Waals surface area contributed by atoms with E-state index < -0.39 is 109 Å². The molecule has 22 nitrogen and oxygen atoms in total. The van der Waals surface area contributed by atoms with Crippen molar-refractivity contribution < 1.29 is 58.5 Å². The molecular weight excluding hydrogens is 785 g/mol. The Morgan fingerprint density at radius 2 is 1.07 bits per heavy atom. The molecule has 0 fully saturated rings. The second kappa shape index (κ2) is 28.2. The van der Waals surface area contributed by atoms with Crippen LogP contribution in [0.2, 0.25) is 0 Å². The van der Waals surface area contributed by atoms with Crippen LogP contribution < -0.4 is 49.1 Å². The molecule has 58 heavy (non-hydrogen) atoms. The number of hydrogen-bond acceptors (Lipinski definition) is 12. The van der Waals surface area contributed by atoms with Crippen LogP contribution in [-0.4, -0.2) is 136 Å². The van der Waals surface area contributed by atoms with Gasteiger partial charge in [-0.3, -0.25) is 43.3 Å². The number of aliphatic carboxylic acids is 3. The average molecular weight is 847 g/mol. The molecule has 23 heteroatoms. The maximum atomic E-state index is 13.7. The number of hydrogen-bond donors (Lipinski definition) is 12. The van der Waals surface area contributed by atoms with E-state index in [-0.39, 0.29) is 69.3 Å². The zero-order valence-corrected chi connectivity index (χ0v) is 34.5. The first-order valence-corrected chi connectivity index (χ1v) is 20.2. The van der Waals surface area contributed by atoms with Crippen LogP contribution in [0.5, 0.6) is 0 Å². The number of carboxylic acid groups (broad SMARTS) is 3. The lowest BCUT2D eigenvalue weighted by Gasteiger charge is -2.26. The monoisotopic (exact) mass is 846 g/mol. The fourth-order valence-electron chi connectivity index (χ4n) is 5.25. The summed E-state index contributed by atoms with van der Waals surface area (Å²) < 4.78 is 0. The minimum atomic E-state index is -1.52. The first kappa shape index (κ1) is 52.8. The van der Waals surface area contributed by atoms with Gasteiger partial charge in [0.15, 0.2) is 5.96 Å². The number of rotatable bonds is 30. The molecule has 0 unspecified atom stereocenters. The third-order valence-electron chi connectivity index (χ3n) is 8.21. The molecule has 0 radical (unpaired) electrons. The van der Waals surface area contributed by atoms with Gasteiger partial charge in [-0.2, -0.15) is 11.8 Å². The van der Waals surface area contributed by atoms with Crippen LogP contribution in [0.3, 0.4) is 0 Å². The molecule has 6 atom stereocenters. The molecule has 0 aromatic heterocycles. The summed E-state index contributed by atoms with van der Waals surface area (Å²) in [5.74, 6) is -8.66. The van der Waals surface area contributed by atoms with Crippen molar-refractivity contribution >= 4 is 71.1 Å². The van der Waals surface area contributed by atoms with Crippen LogP contribution in [0.25, 0.3) is 0 Å². The molecule has 0 bridgehead atoms. The van der Waals surface area contributed by atoms with Crippen LogP contribution >= 0.6 is 11.8 Å². The summed E-state index contributed by atoms with van der Waals surface area (Å²) in [6, 6.07) is -7.59. The summed E-state index contributed by atoms with van der Waals surface area (Å²) in [6.45, 7) is 6.52. The summed E-state index contributed by atoms with van der Waals surface area (Å²) in [6.07, 6.45) is 0.841. The minimum Gasteiger partial charge on any atom is -0.481 e. The SMILES string of the molecule is CSCC[C@H](NC(=O)[C@@H](N)CCC(=O)O)C(=O)N[C@@H](CCCN=C(N)N)C(=O)N[C@@H](CC(C)C)C(=O)NCC(=O)N[C@@H](CC(C)C)C(=O)N[C@@H](CCC(=O)O)C(=O)O. The number of thioether (sulfide) groups is 1. The van der Waals surface area contributed by atoms with Crippen LogP contribution in [-0.2, 0) is 43.2 Å². The number of carbonyl (C=O) groups excluding carboxylic acids is 6. The number of guanidine groups is 1. The highest BCUT2D eigenvalue weighted by Gasteiger charge is 2.32. The Morgan fingerprint density at radius 1 is 0.603 bits per heavy atom. The van der Waals surface area contributed by atoms with Gasteiger partial charge in [-0.1, -0.05) is 27.7 Å². The van der Waals surface area contributed by atoms with Gasteiger partial charge in [0.25, 0.3) is 0 Å². The molecular formula is C35H62N10O12S. The molecule has 0 saturated carbocycles. The van der Waals surface area contributed by atoms with E-state index in [0.29, 0.717) is 5.75 Å². The molecule has 0 aliphatic rings. The van der Waals surface area contributed by atoms with Gasteiger partial charge < -0.3 is 64.4 Å². The lowest BCUT2D eigenvalue weighted by Crippen LogP contribution is -2.58. The lowest BCUT2D eigenvalue weighted by atomic mass is 10.0. The summed E-state index contributed by atoms with van der Waals surface area (Å²) in [4.78, 5) is 117. The normalized spacial score (nSPS) is 14.1. The number of carbonyl (C=O) groups is 9. The Balaban J connectivity index is 6.04. The molecule has 330 valence electrons. The summed E-state index contributed by atoms with van der Waals surface area (Å²) >= 11 is 1.39. The Hall–Kier alpha value is -5.19. The standard InChI is InChI=1S/C35H62N10O12S/c1-18(2)15-24(30(52)40-17-26(46)41-25(16-19(3)4)33(55)44-23(34(56)57)9-11-28(49)50)45-31(53)21(7-6-13-39-35(37)38)43-32(54)22(12-14-58-5)42-29(51)20(36)8-10-27(47)48/h18-25H,6-17,36H2,1-5H3,(H,40,52)(H,41,46)(H,42,51)(H,43,54)(H,44,55)(H,45,53)(H,47,48)(H,49,50)(H,56,57)(H4,37,38,39)/t20-,21-,22-,23-,24-,25-/m0/s1.